The minimum Gasteiger partial charge on any atom is -0.249 e. The van der Waals surface area contributed by atoms with Gasteiger partial charge in [-0.15, -0.1) is 5.10 Å². The number of rotatable bonds is 2. The van der Waals surface area contributed by atoms with Crippen molar-refractivity contribution in [3.05, 3.63) is 36.0 Å². The number of hydrogen-bond donors (Lipinski definition) is 0. The standard InChI is InChI=1S/C12H11N5S/c1-8-7-13-11(10-6-4-3-5-9(8)10)18-12-14-15-16-17(12)2/h3-7H,1-2H3. The molecule has 0 atom stereocenters. The van der Waals surface area contributed by atoms with Crippen LogP contribution in [0.5, 0.6) is 0 Å². The van der Waals surface area contributed by atoms with Gasteiger partial charge in [-0.05, 0) is 40.1 Å². The Hall–Kier alpha value is -1.95. The van der Waals surface area contributed by atoms with Crippen LogP contribution in [0.2, 0.25) is 0 Å². The lowest BCUT2D eigenvalue weighted by Gasteiger charge is -2.06. The molecule has 2 aromatic heterocycles. The Morgan fingerprint density at radius 3 is 2.67 bits per heavy atom. The van der Waals surface area contributed by atoms with Crippen LogP contribution in [0.3, 0.4) is 0 Å². The van der Waals surface area contributed by atoms with Gasteiger partial charge in [0.2, 0.25) is 5.16 Å². The van der Waals surface area contributed by atoms with E-state index in [4.69, 9.17) is 0 Å². The van der Waals surface area contributed by atoms with Crippen LogP contribution < -0.4 is 0 Å². The van der Waals surface area contributed by atoms with E-state index in [0.29, 0.717) is 0 Å². The fourth-order valence-electron chi connectivity index (χ4n) is 1.78. The van der Waals surface area contributed by atoms with Gasteiger partial charge in [0.1, 0.15) is 5.03 Å². The molecule has 18 heavy (non-hydrogen) atoms. The molecule has 6 heteroatoms. The average Bonchev–Trinajstić information content (AvgIpc) is 2.79. The fourth-order valence-corrected chi connectivity index (χ4v) is 2.60. The second-order valence-corrected chi connectivity index (χ2v) is 4.94. The average molecular weight is 257 g/mol. The van der Waals surface area contributed by atoms with Crippen LogP contribution in [0.15, 0.2) is 40.6 Å². The molecule has 3 rings (SSSR count). The predicted octanol–water partition coefficient (Wildman–Crippen LogP) is 2.22. The molecule has 0 aliphatic rings. The molecule has 0 bridgehead atoms. The van der Waals surface area contributed by atoms with Gasteiger partial charge in [0.15, 0.2) is 0 Å². The molecular weight excluding hydrogens is 246 g/mol. The van der Waals surface area contributed by atoms with Crippen molar-refractivity contribution in [2.75, 3.05) is 0 Å². The topological polar surface area (TPSA) is 56.5 Å². The van der Waals surface area contributed by atoms with Gasteiger partial charge in [0, 0.05) is 18.6 Å². The van der Waals surface area contributed by atoms with Gasteiger partial charge in [0.05, 0.1) is 0 Å². The van der Waals surface area contributed by atoms with E-state index in [2.05, 4.69) is 39.6 Å². The number of hydrogen-bond acceptors (Lipinski definition) is 5. The number of tetrazole rings is 1. The van der Waals surface area contributed by atoms with E-state index in [9.17, 15) is 0 Å². The number of nitrogens with zero attached hydrogens (tertiary/aromatic N) is 5. The molecule has 0 saturated heterocycles. The molecule has 90 valence electrons. The van der Waals surface area contributed by atoms with E-state index in [1.807, 2.05) is 25.4 Å². The van der Waals surface area contributed by atoms with Crippen LogP contribution in [0.1, 0.15) is 5.56 Å². The first-order valence-electron chi connectivity index (χ1n) is 5.50. The molecule has 0 N–H and O–H groups in total. The highest BCUT2D eigenvalue weighted by Gasteiger charge is 2.10. The minimum absolute atomic E-state index is 0.733. The predicted molar refractivity (Wildman–Crippen MR) is 69.4 cm³/mol. The molecule has 5 nitrogen and oxygen atoms in total. The minimum atomic E-state index is 0.733. The summed E-state index contributed by atoms with van der Waals surface area (Å²) in [5.74, 6) is 0. The van der Waals surface area contributed by atoms with Crippen LogP contribution in [-0.4, -0.2) is 25.2 Å². The molecule has 0 spiro atoms. The molecular formula is C12H11N5S. The van der Waals surface area contributed by atoms with Gasteiger partial charge in [-0.3, -0.25) is 0 Å². The summed E-state index contributed by atoms with van der Waals surface area (Å²) < 4.78 is 1.64. The highest BCUT2D eigenvalue weighted by molar-refractivity contribution is 7.99. The molecule has 0 radical (unpaired) electrons. The quantitative estimate of drug-likeness (QED) is 0.704. The summed E-state index contributed by atoms with van der Waals surface area (Å²) in [6.07, 6.45) is 1.88. The van der Waals surface area contributed by atoms with E-state index in [-0.39, 0.29) is 0 Å². The third-order valence-corrected chi connectivity index (χ3v) is 3.77. The number of benzene rings is 1. The Morgan fingerprint density at radius 1 is 1.17 bits per heavy atom. The Kier molecular flexibility index (Phi) is 2.71. The maximum absolute atomic E-state index is 4.48. The lowest BCUT2D eigenvalue weighted by atomic mass is 10.1. The van der Waals surface area contributed by atoms with E-state index in [0.717, 1.165) is 15.6 Å². The monoisotopic (exact) mass is 257 g/mol. The van der Waals surface area contributed by atoms with Gasteiger partial charge < -0.3 is 0 Å². The molecule has 0 aliphatic carbocycles. The zero-order chi connectivity index (χ0) is 12.5. The number of aromatic nitrogens is 5. The molecule has 0 fully saturated rings. The largest absolute Gasteiger partial charge is 0.249 e. The van der Waals surface area contributed by atoms with Crippen molar-refractivity contribution in [3.63, 3.8) is 0 Å². The Morgan fingerprint density at radius 2 is 1.94 bits per heavy atom. The van der Waals surface area contributed by atoms with Crippen LogP contribution >= 0.6 is 11.8 Å². The Labute approximate surface area is 108 Å². The van der Waals surface area contributed by atoms with Gasteiger partial charge >= 0.3 is 0 Å². The number of fused-ring (bicyclic) bond motifs is 1. The van der Waals surface area contributed by atoms with E-state index < -0.39 is 0 Å². The van der Waals surface area contributed by atoms with Crippen LogP contribution in [0, 0.1) is 6.92 Å². The maximum atomic E-state index is 4.48. The van der Waals surface area contributed by atoms with Crippen molar-refractivity contribution < 1.29 is 0 Å². The summed E-state index contributed by atoms with van der Waals surface area (Å²) in [7, 11) is 1.82. The van der Waals surface area contributed by atoms with Crippen molar-refractivity contribution in [1.82, 2.24) is 25.2 Å². The molecule has 0 saturated carbocycles. The van der Waals surface area contributed by atoms with Crippen LogP contribution in [0.4, 0.5) is 0 Å². The maximum Gasteiger partial charge on any atom is 0.215 e. The van der Waals surface area contributed by atoms with E-state index >= 15 is 0 Å². The molecule has 3 aromatic rings. The summed E-state index contributed by atoms with van der Waals surface area (Å²) in [5.41, 5.74) is 1.17. The summed E-state index contributed by atoms with van der Waals surface area (Å²) >= 11 is 1.47. The van der Waals surface area contributed by atoms with Gasteiger partial charge in [-0.1, -0.05) is 24.3 Å². The summed E-state index contributed by atoms with van der Waals surface area (Å²) in [6.45, 7) is 2.06. The Balaban J connectivity index is 2.13. The zero-order valence-electron chi connectivity index (χ0n) is 10.0. The van der Waals surface area contributed by atoms with Crippen LogP contribution in [0.25, 0.3) is 10.8 Å². The lowest BCUT2D eigenvalue weighted by molar-refractivity contribution is 0.664. The third kappa shape index (κ3) is 1.84. The molecule has 0 unspecified atom stereocenters. The van der Waals surface area contributed by atoms with Gasteiger partial charge in [-0.25, -0.2) is 9.67 Å². The van der Waals surface area contributed by atoms with Crippen molar-refractivity contribution in [1.29, 1.82) is 0 Å². The summed E-state index contributed by atoms with van der Waals surface area (Å²) in [4.78, 5) is 4.48. The van der Waals surface area contributed by atoms with Crippen molar-refractivity contribution in [3.8, 4) is 0 Å². The van der Waals surface area contributed by atoms with E-state index in [1.54, 1.807) is 4.68 Å². The lowest BCUT2D eigenvalue weighted by Crippen LogP contribution is -1.94. The van der Waals surface area contributed by atoms with Crippen LogP contribution in [-0.2, 0) is 7.05 Å². The van der Waals surface area contributed by atoms with Gasteiger partial charge in [0.25, 0.3) is 0 Å². The second-order valence-electron chi connectivity index (χ2n) is 3.98. The zero-order valence-corrected chi connectivity index (χ0v) is 10.8. The first kappa shape index (κ1) is 11.2. The van der Waals surface area contributed by atoms with Gasteiger partial charge in [-0.2, -0.15) is 0 Å². The van der Waals surface area contributed by atoms with Crippen molar-refractivity contribution >= 4 is 22.5 Å². The number of aryl methyl sites for hydroxylation is 2. The highest BCUT2D eigenvalue weighted by Crippen LogP contribution is 2.31. The first-order chi connectivity index (χ1) is 8.75. The summed E-state index contributed by atoms with van der Waals surface area (Å²) in [6, 6.07) is 8.23. The molecule has 1 aromatic carbocycles. The first-order valence-corrected chi connectivity index (χ1v) is 6.32. The molecule has 0 amide bonds. The smallest absolute Gasteiger partial charge is 0.215 e. The highest BCUT2D eigenvalue weighted by atomic mass is 32.2. The van der Waals surface area contributed by atoms with Crippen molar-refractivity contribution in [2.24, 2.45) is 7.05 Å². The third-order valence-electron chi connectivity index (χ3n) is 2.73. The Bertz CT molecular complexity index is 707. The summed E-state index contributed by atoms with van der Waals surface area (Å²) in [5, 5.41) is 15.4. The van der Waals surface area contributed by atoms with E-state index in [1.165, 1.54) is 22.7 Å². The molecule has 0 aliphatic heterocycles. The second kappa shape index (κ2) is 4.38. The van der Waals surface area contributed by atoms with Crippen molar-refractivity contribution in [2.45, 2.75) is 17.1 Å². The number of pyridine rings is 1. The fraction of sp³-hybridized carbons (Fsp3) is 0.167. The molecule has 2 heterocycles. The SMILES string of the molecule is Cc1cnc(Sc2nnnn2C)c2ccccc12. The normalized spacial score (nSPS) is 11.0.